The fraction of sp³-hybridized carbons (Fsp3) is 0.600. The number of ether oxygens (including phenoxy) is 1. The van der Waals surface area contributed by atoms with Crippen molar-refractivity contribution in [1.82, 2.24) is 9.88 Å². The summed E-state index contributed by atoms with van der Waals surface area (Å²) in [5.41, 5.74) is 0.135. The number of amides is 1. The van der Waals surface area contributed by atoms with Crippen LogP contribution in [0, 0.1) is 0 Å². The fourth-order valence-electron chi connectivity index (χ4n) is 2.34. The number of carbonyl (C=O) groups is 1. The molecule has 0 aromatic carbocycles. The Bertz CT molecular complexity index is 623. The van der Waals surface area contributed by atoms with Crippen LogP contribution in [-0.2, 0) is 20.3 Å². The second-order valence-corrected chi connectivity index (χ2v) is 8.78. The normalized spacial score (nSPS) is 19.2. The van der Waals surface area contributed by atoms with Gasteiger partial charge in [0.1, 0.15) is 5.60 Å². The highest BCUT2D eigenvalue weighted by molar-refractivity contribution is 7.91. The molecule has 1 atom stereocenters. The fourth-order valence-corrected chi connectivity index (χ4v) is 4.11. The first-order valence-corrected chi connectivity index (χ1v) is 8.97. The van der Waals surface area contributed by atoms with Crippen molar-refractivity contribution in [2.24, 2.45) is 0 Å². The average molecular weight is 326 g/mol. The third kappa shape index (κ3) is 4.43. The van der Waals surface area contributed by atoms with Gasteiger partial charge in [0.05, 0.1) is 11.0 Å². The summed E-state index contributed by atoms with van der Waals surface area (Å²) in [6.07, 6.45) is 3.15. The Hall–Kier alpha value is -1.63. The molecule has 1 amide bonds. The molecule has 1 fully saturated rings. The summed E-state index contributed by atoms with van der Waals surface area (Å²) < 4.78 is 30.2. The van der Waals surface area contributed by atoms with Crippen LogP contribution in [0.5, 0.6) is 0 Å². The second-order valence-electron chi connectivity index (χ2n) is 6.50. The summed E-state index contributed by atoms with van der Waals surface area (Å²) in [5.74, 6) is -0.0255. The van der Waals surface area contributed by atoms with Crippen LogP contribution in [0.15, 0.2) is 24.5 Å². The number of pyridine rings is 1. The van der Waals surface area contributed by atoms with E-state index in [0.717, 1.165) is 0 Å². The molecule has 1 saturated heterocycles. The topological polar surface area (TPSA) is 76.6 Å². The van der Waals surface area contributed by atoms with Crippen molar-refractivity contribution >= 4 is 15.9 Å². The van der Waals surface area contributed by atoms with Gasteiger partial charge in [-0.2, -0.15) is 0 Å². The summed E-state index contributed by atoms with van der Waals surface area (Å²) in [6, 6.07) is 3.39. The molecule has 0 saturated carbocycles. The van der Waals surface area contributed by atoms with E-state index in [2.05, 4.69) is 4.98 Å². The average Bonchev–Trinajstić information content (AvgIpc) is 2.87. The SMILES string of the molecule is CC(C)(C)OC(=O)N1CC[C@H](S(=O)(=O)Cc2ccncc2)C1. The maximum Gasteiger partial charge on any atom is 0.410 e. The highest BCUT2D eigenvalue weighted by Crippen LogP contribution is 2.22. The summed E-state index contributed by atoms with van der Waals surface area (Å²) in [4.78, 5) is 17.3. The van der Waals surface area contributed by atoms with Crippen molar-refractivity contribution < 1.29 is 17.9 Å². The molecule has 122 valence electrons. The lowest BCUT2D eigenvalue weighted by Crippen LogP contribution is -2.36. The third-order valence-corrected chi connectivity index (χ3v) is 5.56. The second kappa shape index (κ2) is 6.24. The molecule has 0 radical (unpaired) electrons. The van der Waals surface area contributed by atoms with Crippen LogP contribution >= 0.6 is 0 Å². The summed E-state index contributed by atoms with van der Waals surface area (Å²) in [7, 11) is -3.30. The number of aromatic nitrogens is 1. The number of nitrogens with zero attached hydrogens (tertiary/aromatic N) is 2. The molecule has 1 aromatic heterocycles. The molecule has 22 heavy (non-hydrogen) atoms. The minimum absolute atomic E-state index is 0.0255. The summed E-state index contributed by atoms with van der Waals surface area (Å²) >= 11 is 0. The predicted octanol–water partition coefficient (Wildman–Crippen LogP) is 2.01. The lowest BCUT2D eigenvalue weighted by Gasteiger charge is -2.24. The molecule has 0 aliphatic carbocycles. The minimum Gasteiger partial charge on any atom is -0.444 e. The van der Waals surface area contributed by atoms with Gasteiger partial charge in [-0.15, -0.1) is 0 Å². The zero-order chi connectivity index (χ0) is 16.4. The van der Waals surface area contributed by atoms with Crippen LogP contribution in [0.3, 0.4) is 0 Å². The van der Waals surface area contributed by atoms with Crippen molar-refractivity contribution in [3.05, 3.63) is 30.1 Å². The molecule has 2 rings (SSSR count). The van der Waals surface area contributed by atoms with Gasteiger partial charge in [-0.25, -0.2) is 13.2 Å². The quantitative estimate of drug-likeness (QED) is 0.849. The molecule has 0 unspecified atom stereocenters. The highest BCUT2D eigenvalue weighted by atomic mass is 32.2. The van der Waals surface area contributed by atoms with E-state index in [1.54, 1.807) is 45.3 Å². The molecule has 2 heterocycles. The largest absolute Gasteiger partial charge is 0.444 e. The van der Waals surface area contributed by atoms with E-state index in [9.17, 15) is 13.2 Å². The minimum atomic E-state index is -3.30. The zero-order valence-corrected chi connectivity index (χ0v) is 14.0. The van der Waals surface area contributed by atoms with Gasteiger partial charge >= 0.3 is 6.09 Å². The Morgan fingerprint density at radius 2 is 2.00 bits per heavy atom. The lowest BCUT2D eigenvalue weighted by atomic mass is 10.2. The van der Waals surface area contributed by atoms with Gasteiger partial charge in [-0.3, -0.25) is 4.98 Å². The molecule has 1 aliphatic heterocycles. The van der Waals surface area contributed by atoms with E-state index in [0.29, 0.717) is 18.5 Å². The number of hydrogen-bond donors (Lipinski definition) is 0. The smallest absolute Gasteiger partial charge is 0.410 e. The summed E-state index contributed by atoms with van der Waals surface area (Å²) in [5, 5.41) is -0.534. The monoisotopic (exact) mass is 326 g/mol. The van der Waals surface area contributed by atoms with E-state index in [1.807, 2.05) is 0 Å². The first-order chi connectivity index (χ1) is 10.2. The van der Waals surface area contributed by atoms with E-state index >= 15 is 0 Å². The van der Waals surface area contributed by atoms with Gasteiger partial charge in [-0.1, -0.05) is 0 Å². The van der Waals surface area contributed by atoms with Crippen molar-refractivity contribution in [3.8, 4) is 0 Å². The number of likely N-dealkylation sites (tertiary alicyclic amines) is 1. The molecule has 0 bridgehead atoms. The molecular weight excluding hydrogens is 304 g/mol. The maximum absolute atomic E-state index is 12.5. The first kappa shape index (κ1) is 16.7. The Morgan fingerprint density at radius 3 is 2.59 bits per heavy atom. The van der Waals surface area contributed by atoms with Crippen LogP contribution in [0.2, 0.25) is 0 Å². The van der Waals surface area contributed by atoms with Gasteiger partial charge in [0.15, 0.2) is 9.84 Å². The van der Waals surface area contributed by atoms with Gasteiger partial charge in [0, 0.05) is 25.5 Å². The van der Waals surface area contributed by atoms with Crippen LogP contribution in [-0.4, -0.2) is 48.3 Å². The van der Waals surface area contributed by atoms with E-state index in [4.69, 9.17) is 4.74 Å². The number of hydrogen-bond acceptors (Lipinski definition) is 5. The van der Waals surface area contributed by atoms with Crippen LogP contribution in [0.1, 0.15) is 32.8 Å². The molecule has 0 N–H and O–H groups in total. The Balaban J connectivity index is 1.99. The summed E-state index contributed by atoms with van der Waals surface area (Å²) in [6.45, 7) is 5.98. The van der Waals surface area contributed by atoms with Gasteiger partial charge in [-0.05, 0) is 44.9 Å². The molecule has 1 aliphatic rings. The van der Waals surface area contributed by atoms with Crippen LogP contribution in [0.4, 0.5) is 4.79 Å². The van der Waals surface area contributed by atoms with E-state index in [1.165, 1.54) is 4.90 Å². The highest BCUT2D eigenvalue weighted by Gasteiger charge is 2.36. The van der Waals surface area contributed by atoms with E-state index in [-0.39, 0.29) is 12.3 Å². The van der Waals surface area contributed by atoms with Gasteiger partial charge < -0.3 is 9.64 Å². The lowest BCUT2D eigenvalue weighted by molar-refractivity contribution is 0.0295. The van der Waals surface area contributed by atoms with Crippen molar-refractivity contribution in [2.75, 3.05) is 13.1 Å². The number of rotatable bonds is 3. The van der Waals surface area contributed by atoms with E-state index < -0.39 is 26.8 Å². The van der Waals surface area contributed by atoms with Crippen molar-refractivity contribution in [3.63, 3.8) is 0 Å². The van der Waals surface area contributed by atoms with Crippen LogP contribution < -0.4 is 0 Å². The number of sulfone groups is 1. The zero-order valence-electron chi connectivity index (χ0n) is 13.2. The van der Waals surface area contributed by atoms with Gasteiger partial charge in [0.2, 0.25) is 0 Å². The van der Waals surface area contributed by atoms with Crippen LogP contribution in [0.25, 0.3) is 0 Å². The van der Waals surface area contributed by atoms with Crippen molar-refractivity contribution in [2.45, 2.75) is 43.8 Å². The molecule has 1 aromatic rings. The Morgan fingerprint density at radius 1 is 1.36 bits per heavy atom. The Labute approximate surface area is 131 Å². The predicted molar refractivity (Wildman–Crippen MR) is 83.1 cm³/mol. The maximum atomic E-state index is 12.5. The Kier molecular flexibility index (Phi) is 4.75. The number of carbonyl (C=O) groups excluding carboxylic acids is 1. The molecule has 6 nitrogen and oxygen atoms in total. The molecule has 0 spiro atoms. The molecule has 7 heteroatoms. The van der Waals surface area contributed by atoms with Gasteiger partial charge in [0.25, 0.3) is 0 Å². The first-order valence-electron chi connectivity index (χ1n) is 7.26. The van der Waals surface area contributed by atoms with Crippen molar-refractivity contribution in [1.29, 1.82) is 0 Å². The molecular formula is C15H22N2O4S. The standard InChI is InChI=1S/C15H22N2O4S/c1-15(2,3)21-14(18)17-9-6-13(10-17)22(19,20)11-12-4-7-16-8-5-12/h4-5,7-8,13H,6,9-11H2,1-3H3/t13-/m0/s1. The third-order valence-electron chi connectivity index (χ3n) is 3.42.